The van der Waals surface area contributed by atoms with Crippen LogP contribution in [0.3, 0.4) is 0 Å². The minimum Gasteiger partial charge on any atom is -0.491 e. The topological polar surface area (TPSA) is 169 Å². The van der Waals surface area contributed by atoms with Crippen molar-refractivity contribution in [1.82, 2.24) is 4.98 Å². The average molecular weight is 980 g/mol. The molecule has 2 saturated heterocycles. The molecule has 4 amide bonds. The zero-order valence-electron chi connectivity index (χ0n) is 41.2. The maximum absolute atomic E-state index is 13.1. The van der Waals surface area contributed by atoms with E-state index in [2.05, 4.69) is 49.9 Å². The molecule has 0 radical (unpaired) electrons. The van der Waals surface area contributed by atoms with Gasteiger partial charge >= 0.3 is 12.1 Å². The summed E-state index contributed by atoms with van der Waals surface area (Å²) in [4.78, 5) is 30.9. The van der Waals surface area contributed by atoms with E-state index >= 15 is 0 Å². The molecule has 4 aromatic carbocycles. The lowest BCUT2D eigenvalue weighted by Gasteiger charge is -2.23. The Labute approximate surface area is 423 Å². The third-order valence-corrected chi connectivity index (χ3v) is 11.4. The van der Waals surface area contributed by atoms with Crippen molar-refractivity contribution in [3.8, 4) is 29.4 Å². The lowest BCUT2D eigenvalue weighted by Crippen LogP contribution is -2.24. The number of aromatic nitrogens is 1. The number of ether oxygens (including phenoxy) is 8. The lowest BCUT2D eigenvalue weighted by atomic mass is 10.0. The van der Waals surface area contributed by atoms with Crippen molar-refractivity contribution in [2.75, 3.05) is 101 Å². The van der Waals surface area contributed by atoms with Gasteiger partial charge in [-0.25, -0.2) is 14.6 Å². The second-order valence-corrected chi connectivity index (χ2v) is 17.1. The van der Waals surface area contributed by atoms with E-state index in [0.717, 1.165) is 68.4 Å². The summed E-state index contributed by atoms with van der Waals surface area (Å²) in [6.07, 6.45) is 6.46. The van der Waals surface area contributed by atoms with Crippen molar-refractivity contribution in [1.29, 1.82) is 0 Å². The van der Waals surface area contributed by atoms with Crippen LogP contribution in [0.2, 0.25) is 0 Å². The largest absolute Gasteiger partial charge is 0.491 e. The smallest absolute Gasteiger partial charge is 0.323 e. The quantitative estimate of drug-likeness (QED) is 0.0385. The van der Waals surface area contributed by atoms with Crippen LogP contribution in [0.4, 0.5) is 32.3 Å². The van der Waals surface area contributed by atoms with Crippen LogP contribution < -0.4 is 26.0 Å². The molecule has 2 aliphatic heterocycles. The van der Waals surface area contributed by atoms with Crippen LogP contribution >= 0.6 is 0 Å². The highest BCUT2D eigenvalue weighted by Gasteiger charge is 2.17. The lowest BCUT2D eigenvalue weighted by molar-refractivity contribution is -0.169. The monoisotopic (exact) mass is 979 g/mol. The second-order valence-electron chi connectivity index (χ2n) is 17.1. The fourth-order valence-electron chi connectivity index (χ4n) is 7.63. The zero-order valence-corrected chi connectivity index (χ0v) is 41.2. The molecule has 4 N–H and O–H groups in total. The summed E-state index contributed by atoms with van der Waals surface area (Å²) in [7, 11) is 0. The summed E-state index contributed by atoms with van der Waals surface area (Å²) in [5.41, 5.74) is 7.74. The van der Waals surface area contributed by atoms with Gasteiger partial charge in [-0.05, 0) is 154 Å². The number of nitrogens with zero attached hydrogens (tertiary/aromatic N) is 1. The number of amides is 4. The summed E-state index contributed by atoms with van der Waals surface area (Å²) in [5, 5.41) is 11.6. The van der Waals surface area contributed by atoms with Crippen LogP contribution in [0.25, 0.3) is 0 Å². The Morgan fingerprint density at radius 1 is 0.542 bits per heavy atom. The molecule has 3 heterocycles. The second kappa shape index (κ2) is 29.5. The third kappa shape index (κ3) is 18.8. The van der Waals surface area contributed by atoms with Crippen LogP contribution in [0.1, 0.15) is 83.8 Å². The number of benzene rings is 4. The van der Waals surface area contributed by atoms with Crippen molar-refractivity contribution in [3.05, 3.63) is 142 Å². The molecule has 2 aliphatic rings. The number of urea groups is 2. The highest BCUT2D eigenvalue weighted by Crippen LogP contribution is 2.29. The Morgan fingerprint density at radius 3 is 1.56 bits per heavy atom. The van der Waals surface area contributed by atoms with E-state index in [4.69, 9.17) is 37.9 Å². The van der Waals surface area contributed by atoms with Gasteiger partial charge in [0, 0.05) is 35.7 Å². The molecule has 2 atom stereocenters. The van der Waals surface area contributed by atoms with E-state index < -0.39 is 6.03 Å². The standard InChI is InChI=1S/C57H65N5O10/c1-42-12-26-52(61-56(63)59-49-18-14-44(15-19-49)54-10-3-5-28-70-54)45(40-42)16-20-47-8-7-9-48(58-47)21-17-46-41-43(2)13-27-53(46)62-57(64)60-50-22-24-51(25-23-50)69-38-36-67-34-32-65-30-31-66-33-35-68-37-39-72-55-11-4-6-29-71-55/h7-9,12-15,18-19,22-27,40-41,54-55H,3-6,10-11,28-39H2,1-2H3,(H2,59,61,63)(H2,60,62,64). The van der Waals surface area contributed by atoms with Gasteiger partial charge in [0.25, 0.3) is 0 Å². The number of anilines is 4. The highest BCUT2D eigenvalue weighted by atomic mass is 16.7. The minimum atomic E-state index is -0.425. The Kier molecular flexibility index (Phi) is 21.7. The fourth-order valence-corrected chi connectivity index (χ4v) is 7.63. The summed E-state index contributed by atoms with van der Waals surface area (Å²) < 4.78 is 45.1. The molecular formula is C57H65N5O10. The van der Waals surface area contributed by atoms with Crippen molar-refractivity contribution < 1.29 is 47.5 Å². The van der Waals surface area contributed by atoms with Gasteiger partial charge in [-0.2, -0.15) is 0 Å². The zero-order chi connectivity index (χ0) is 50.0. The van der Waals surface area contributed by atoms with Gasteiger partial charge in [0.1, 0.15) is 23.7 Å². The Balaban J connectivity index is 0.802. The molecule has 15 nitrogen and oxygen atoms in total. The number of carbonyl (C=O) groups is 2. The fraction of sp³-hybridized carbons (Fsp3) is 0.386. The van der Waals surface area contributed by atoms with Crippen molar-refractivity contribution in [2.45, 2.75) is 64.8 Å². The summed E-state index contributed by atoms with van der Waals surface area (Å²) in [6, 6.07) is 30.8. The van der Waals surface area contributed by atoms with E-state index in [1.807, 2.05) is 80.6 Å². The van der Waals surface area contributed by atoms with Crippen LogP contribution in [0.5, 0.6) is 5.75 Å². The predicted octanol–water partition coefficient (Wildman–Crippen LogP) is 10.0. The van der Waals surface area contributed by atoms with Gasteiger partial charge in [-0.1, -0.05) is 42.2 Å². The minimum absolute atomic E-state index is 0.0913. The number of rotatable bonds is 22. The number of carbonyl (C=O) groups excluding carboxylic acids is 2. The van der Waals surface area contributed by atoms with Crippen LogP contribution in [0, 0.1) is 37.5 Å². The van der Waals surface area contributed by atoms with Crippen molar-refractivity contribution in [2.24, 2.45) is 0 Å². The first-order chi connectivity index (χ1) is 35.3. The molecule has 2 unspecified atom stereocenters. The van der Waals surface area contributed by atoms with Gasteiger partial charge < -0.3 is 59.2 Å². The number of hydrogen-bond acceptors (Lipinski definition) is 11. The Hall–Kier alpha value is -6.79. The van der Waals surface area contributed by atoms with Gasteiger partial charge in [0.2, 0.25) is 0 Å². The van der Waals surface area contributed by atoms with Crippen molar-refractivity contribution in [3.63, 3.8) is 0 Å². The van der Waals surface area contributed by atoms with Crippen LogP contribution in [-0.2, 0) is 33.2 Å². The Bertz CT molecular complexity index is 2610. The van der Waals surface area contributed by atoms with E-state index in [-0.39, 0.29) is 18.4 Å². The molecule has 0 spiro atoms. The van der Waals surface area contributed by atoms with Gasteiger partial charge in [-0.3, -0.25) is 0 Å². The third-order valence-electron chi connectivity index (χ3n) is 11.4. The van der Waals surface area contributed by atoms with E-state index in [1.165, 1.54) is 0 Å². The highest BCUT2D eigenvalue weighted by molar-refractivity contribution is 6.01. The number of hydrogen-bond donors (Lipinski definition) is 4. The van der Waals surface area contributed by atoms with Crippen LogP contribution in [0.15, 0.2) is 103 Å². The summed E-state index contributed by atoms with van der Waals surface area (Å²) in [6.45, 7) is 10.1. The molecule has 5 aromatic rings. The molecule has 0 saturated carbocycles. The molecule has 72 heavy (non-hydrogen) atoms. The molecule has 1 aromatic heterocycles. The van der Waals surface area contributed by atoms with E-state index in [1.54, 1.807) is 36.4 Å². The maximum atomic E-state index is 13.1. The van der Waals surface area contributed by atoms with Crippen LogP contribution in [-0.4, -0.2) is 103 Å². The molecule has 0 aliphatic carbocycles. The molecule has 2 fully saturated rings. The SMILES string of the molecule is Cc1ccc(NC(=O)Nc2ccc(OCCOCCOCCOCCOCCOC3CCCCO3)cc2)c(C#Cc2cccc(C#Cc3cc(C)ccc3NC(=O)Nc3ccc(C4CCCCO4)cc3)n2)c1. The van der Waals surface area contributed by atoms with Crippen molar-refractivity contribution >= 4 is 34.8 Å². The average Bonchev–Trinajstić information content (AvgIpc) is 3.40. The first-order valence-corrected chi connectivity index (χ1v) is 24.7. The van der Waals surface area contributed by atoms with Gasteiger partial charge in [-0.15, -0.1) is 0 Å². The Morgan fingerprint density at radius 2 is 1.04 bits per heavy atom. The maximum Gasteiger partial charge on any atom is 0.323 e. The predicted molar refractivity (Wildman–Crippen MR) is 278 cm³/mol. The normalized spacial score (nSPS) is 15.2. The first kappa shape index (κ1) is 53.0. The number of aryl methyl sites for hydroxylation is 2. The molecule has 15 heteroatoms. The first-order valence-electron chi connectivity index (χ1n) is 24.7. The molecular weight excluding hydrogens is 915 g/mol. The van der Waals surface area contributed by atoms with E-state index in [0.29, 0.717) is 117 Å². The number of pyridine rings is 1. The van der Waals surface area contributed by atoms with E-state index in [9.17, 15) is 9.59 Å². The van der Waals surface area contributed by atoms with Gasteiger partial charge in [0.05, 0.1) is 76.9 Å². The summed E-state index contributed by atoms with van der Waals surface area (Å²) in [5.74, 6) is 13.3. The van der Waals surface area contributed by atoms with Gasteiger partial charge in [0.15, 0.2) is 6.29 Å². The molecule has 378 valence electrons. The molecule has 0 bridgehead atoms. The summed E-state index contributed by atoms with van der Waals surface area (Å²) >= 11 is 0. The molecule has 7 rings (SSSR count). The number of nitrogens with one attached hydrogen (secondary N) is 4.